The number of rotatable bonds is 5. The van der Waals surface area contributed by atoms with Crippen LogP contribution in [0.25, 0.3) is 0 Å². The highest BCUT2D eigenvalue weighted by atomic mass is 79.9. The topological polar surface area (TPSA) is 98.5 Å². The molecular weight excluding hydrogens is 408 g/mol. The van der Waals surface area contributed by atoms with Crippen molar-refractivity contribution in [2.24, 2.45) is 11.1 Å². The van der Waals surface area contributed by atoms with Gasteiger partial charge in [-0.15, -0.1) is 0 Å². The third-order valence-electron chi connectivity index (χ3n) is 4.14. The highest BCUT2D eigenvalue weighted by Gasteiger charge is 2.44. The summed E-state index contributed by atoms with van der Waals surface area (Å²) in [7, 11) is -2.59. The number of hydrogen-bond acceptors (Lipinski definition) is 4. The zero-order valence-corrected chi connectivity index (χ0v) is 15.8. The minimum Gasteiger partial charge on any atom is -0.495 e. The molecule has 132 valence electrons. The van der Waals surface area contributed by atoms with Crippen LogP contribution in [0, 0.1) is 5.92 Å². The minimum atomic E-state index is -3.95. The lowest BCUT2D eigenvalue weighted by molar-refractivity contribution is -0.117. The number of hydrogen-bond donors (Lipinski definition) is 2. The number of methoxy groups -OCH3 is 1. The van der Waals surface area contributed by atoms with E-state index < -0.39 is 10.0 Å². The molecule has 0 radical (unpaired) electrons. The molecule has 2 atom stereocenters. The van der Waals surface area contributed by atoms with Crippen molar-refractivity contribution in [3.05, 3.63) is 52.5 Å². The van der Waals surface area contributed by atoms with Gasteiger partial charge < -0.3 is 10.1 Å². The fourth-order valence-corrected chi connectivity index (χ4v) is 3.94. The molecule has 6 nitrogen and oxygen atoms in total. The van der Waals surface area contributed by atoms with E-state index in [1.165, 1.54) is 19.2 Å². The lowest BCUT2D eigenvalue weighted by atomic mass is 10.1. The van der Waals surface area contributed by atoms with Crippen LogP contribution in [0.3, 0.4) is 0 Å². The maximum atomic E-state index is 12.4. The van der Waals surface area contributed by atoms with Crippen molar-refractivity contribution >= 4 is 37.5 Å². The molecule has 2 aromatic rings. The molecule has 8 heteroatoms. The number of primary sulfonamides is 1. The maximum Gasteiger partial charge on any atom is 0.241 e. The fourth-order valence-electron chi connectivity index (χ4n) is 2.80. The number of amides is 1. The minimum absolute atomic E-state index is 0.130. The lowest BCUT2D eigenvalue weighted by Gasteiger charge is -2.10. The number of carbonyl (C=O) groups is 1. The highest BCUT2D eigenvalue weighted by molar-refractivity contribution is 9.10. The molecule has 0 unspecified atom stereocenters. The van der Waals surface area contributed by atoms with Gasteiger partial charge in [0.15, 0.2) is 0 Å². The first kappa shape index (κ1) is 17.9. The monoisotopic (exact) mass is 424 g/mol. The summed E-state index contributed by atoms with van der Waals surface area (Å²) < 4.78 is 29.3. The summed E-state index contributed by atoms with van der Waals surface area (Å²) >= 11 is 3.43. The van der Waals surface area contributed by atoms with Gasteiger partial charge >= 0.3 is 0 Å². The molecule has 0 aromatic heterocycles. The Balaban J connectivity index is 1.74. The van der Waals surface area contributed by atoms with Gasteiger partial charge in [0, 0.05) is 16.1 Å². The van der Waals surface area contributed by atoms with E-state index in [0.29, 0.717) is 5.69 Å². The third-order valence-corrected chi connectivity index (χ3v) is 5.57. The second-order valence-electron chi connectivity index (χ2n) is 5.90. The Morgan fingerprint density at radius 2 is 2.04 bits per heavy atom. The maximum absolute atomic E-state index is 12.4. The molecule has 1 aliphatic rings. The normalized spacial score (nSPS) is 19.3. The predicted octanol–water partition coefficient (Wildman–Crippen LogP) is 2.85. The van der Waals surface area contributed by atoms with Crippen molar-refractivity contribution in [3.8, 4) is 5.75 Å². The van der Waals surface area contributed by atoms with Gasteiger partial charge in [-0.25, -0.2) is 13.6 Å². The Morgan fingerprint density at radius 3 is 2.68 bits per heavy atom. The summed E-state index contributed by atoms with van der Waals surface area (Å²) in [4.78, 5) is 12.3. The molecule has 1 fully saturated rings. The number of benzene rings is 2. The van der Waals surface area contributed by atoms with Crippen molar-refractivity contribution in [2.75, 3.05) is 12.4 Å². The van der Waals surface area contributed by atoms with Crippen LogP contribution in [0.5, 0.6) is 5.75 Å². The summed E-state index contributed by atoms with van der Waals surface area (Å²) in [5.41, 5.74) is 1.48. The molecule has 0 aliphatic heterocycles. The highest BCUT2D eigenvalue weighted by Crippen LogP contribution is 2.48. The smallest absolute Gasteiger partial charge is 0.241 e. The van der Waals surface area contributed by atoms with E-state index in [2.05, 4.69) is 21.2 Å². The number of halogens is 1. The SMILES string of the molecule is COc1ccc(NC(=O)[C@H]2C[C@@H]2c2cccc(Br)c2)cc1S(N)(=O)=O. The van der Waals surface area contributed by atoms with Crippen LogP contribution in [0.15, 0.2) is 51.8 Å². The average molecular weight is 425 g/mol. The molecule has 1 aliphatic carbocycles. The number of nitrogens with one attached hydrogen (secondary N) is 1. The Morgan fingerprint density at radius 1 is 1.28 bits per heavy atom. The van der Waals surface area contributed by atoms with E-state index >= 15 is 0 Å². The molecular formula is C17H17BrN2O4S. The molecule has 0 saturated heterocycles. The average Bonchev–Trinajstić information content (AvgIpc) is 3.35. The van der Waals surface area contributed by atoms with Gasteiger partial charge in [-0.1, -0.05) is 28.1 Å². The van der Waals surface area contributed by atoms with Crippen molar-refractivity contribution < 1.29 is 17.9 Å². The standard InChI is InChI=1S/C17H17BrN2O4S/c1-24-15-6-5-12(8-16(15)25(19,22)23)20-17(21)14-9-13(14)10-3-2-4-11(18)7-10/h2-8,13-14H,9H2,1H3,(H,20,21)(H2,19,22,23)/t13-,14+/m1/s1. The zero-order chi connectivity index (χ0) is 18.2. The first-order valence-electron chi connectivity index (χ1n) is 7.57. The van der Waals surface area contributed by atoms with Gasteiger partial charge in [-0.2, -0.15) is 0 Å². The quantitative estimate of drug-likeness (QED) is 0.770. The fraction of sp³-hybridized carbons (Fsp3) is 0.235. The van der Waals surface area contributed by atoms with Gasteiger partial charge in [0.1, 0.15) is 10.6 Å². The first-order chi connectivity index (χ1) is 11.8. The first-order valence-corrected chi connectivity index (χ1v) is 9.90. The summed E-state index contributed by atoms with van der Waals surface area (Å²) in [5, 5.41) is 7.95. The van der Waals surface area contributed by atoms with Crippen LogP contribution in [0.2, 0.25) is 0 Å². The van der Waals surface area contributed by atoms with Crippen LogP contribution in [-0.4, -0.2) is 21.4 Å². The van der Waals surface area contributed by atoms with Gasteiger partial charge in [-0.3, -0.25) is 4.79 Å². The number of nitrogens with two attached hydrogens (primary N) is 1. The molecule has 0 spiro atoms. The van der Waals surface area contributed by atoms with Crippen LogP contribution >= 0.6 is 15.9 Å². The molecule has 1 saturated carbocycles. The number of ether oxygens (including phenoxy) is 1. The molecule has 3 rings (SSSR count). The molecule has 2 aromatic carbocycles. The van der Waals surface area contributed by atoms with Crippen LogP contribution < -0.4 is 15.2 Å². The van der Waals surface area contributed by atoms with Crippen molar-refractivity contribution in [1.29, 1.82) is 0 Å². The Kier molecular flexibility index (Phi) is 4.86. The molecule has 1 amide bonds. The summed E-state index contributed by atoms with van der Waals surface area (Å²) in [6.45, 7) is 0. The van der Waals surface area contributed by atoms with E-state index in [4.69, 9.17) is 9.88 Å². The number of anilines is 1. The van der Waals surface area contributed by atoms with Crippen LogP contribution in [0.1, 0.15) is 17.9 Å². The van der Waals surface area contributed by atoms with Gasteiger partial charge in [0.2, 0.25) is 15.9 Å². The molecule has 0 bridgehead atoms. The van der Waals surface area contributed by atoms with E-state index in [0.717, 1.165) is 16.5 Å². The van der Waals surface area contributed by atoms with Crippen LogP contribution in [-0.2, 0) is 14.8 Å². The molecule has 0 heterocycles. The Hall–Kier alpha value is -1.90. The summed E-state index contributed by atoms with van der Waals surface area (Å²) in [6.07, 6.45) is 0.764. The van der Waals surface area contributed by atoms with E-state index in [1.54, 1.807) is 6.07 Å². The van der Waals surface area contributed by atoms with E-state index in [9.17, 15) is 13.2 Å². The summed E-state index contributed by atoms with van der Waals surface area (Å²) in [5.74, 6) is 0.0391. The Bertz CT molecular complexity index is 930. The van der Waals surface area contributed by atoms with E-state index in [-0.39, 0.29) is 28.4 Å². The van der Waals surface area contributed by atoms with E-state index in [1.807, 2.05) is 24.3 Å². The second-order valence-corrected chi connectivity index (χ2v) is 8.35. The number of carbonyl (C=O) groups excluding carboxylic acids is 1. The van der Waals surface area contributed by atoms with Crippen LogP contribution in [0.4, 0.5) is 5.69 Å². The predicted molar refractivity (Wildman–Crippen MR) is 98.0 cm³/mol. The zero-order valence-electron chi connectivity index (χ0n) is 13.4. The molecule has 25 heavy (non-hydrogen) atoms. The second kappa shape index (κ2) is 6.78. The molecule has 3 N–H and O–H groups in total. The largest absolute Gasteiger partial charge is 0.495 e. The number of sulfonamides is 1. The van der Waals surface area contributed by atoms with Gasteiger partial charge in [0.05, 0.1) is 7.11 Å². The van der Waals surface area contributed by atoms with Gasteiger partial charge in [0.25, 0.3) is 0 Å². The Labute approximate surface area is 154 Å². The van der Waals surface area contributed by atoms with Gasteiger partial charge in [-0.05, 0) is 48.2 Å². The van der Waals surface area contributed by atoms with Crippen molar-refractivity contribution in [2.45, 2.75) is 17.2 Å². The third kappa shape index (κ3) is 4.02. The van der Waals surface area contributed by atoms with Crippen molar-refractivity contribution in [3.63, 3.8) is 0 Å². The summed E-state index contributed by atoms with van der Waals surface area (Å²) in [6, 6.07) is 12.2. The lowest BCUT2D eigenvalue weighted by Crippen LogP contribution is -2.17. The van der Waals surface area contributed by atoms with Crippen molar-refractivity contribution in [1.82, 2.24) is 0 Å².